The molecule has 1 aromatic heterocycles. The topological polar surface area (TPSA) is 84.1 Å². The number of carbonyl (C=O) groups is 1. The Morgan fingerprint density at radius 2 is 1.76 bits per heavy atom. The van der Waals surface area contributed by atoms with Crippen LogP contribution in [0.5, 0.6) is 0 Å². The molecule has 1 aliphatic heterocycles. The first-order chi connectivity index (χ1) is 16.0. The van der Waals surface area contributed by atoms with Gasteiger partial charge in [-0.2, -0.15) is 0 Å². The van der Waals surface area contributed by atoms with Crippen molar-refractivity contribution in [2.75, 3.05) is 19.6 Å². The number of imidazole rings is 1. The van der Waals surface area contributed by atoms with Crippen molar-refractivity contribution in [1.29, 1.82) is 0 Å². The largest absolute Gasteiger partial charge is 0.342 e. The number of benzene rings is 2. The summed E-state index contributed by atoms with van der Waals surface area (Å²) in [6, 6.07) is 15.9. The standard InChI is InChI=1S/C26H31ClN4O2.ClH/c27-20-5-3-4-19(16-20)26(17-28)12-8-18(9-13-26)24(32)30-14-10-21(11-15-30)31-23-7-2-1-6-22(23)29-25(31)33;/h1-7,16,18,21H,8-15,17,28H2,(H,29,33);1H. The van der Waals surface area contributed by atoms with Crippen LogP contribution < -0.4 is 11.4 Å². The normalized spacial score (nSPS) is 23.6. The summed E-state index contributed by atoms with van der Waals surface area (Å²) in [5, 5.41) is 0.732. The van der Waals surface area contributed by atoms with E-state index in [2.05, 4.69) is 11.1 Å². The Balaban J connectivity index is 0.00000274. The number of rotatable bonds is 4. The molecule has 0 unspecified atom stereocenters. The molecule has 2 aliphatic rings. The number of nitrogens with zero attached hydrogens (tertiary/aromatic N) is 2. The average Bonchev–Trinajstić information content (AvgIpc) is 3.19. The number of halogens is 2. The highest BCUT2D eigenvalue weighted by molar-refractivity contribution is 6.30. The molecular formula is C26H32Cl2N4O2. The molecule has 2 heterocycles. The number of para-hydroxylation sites is 2. The molecule has 0 radical (unpaired) electrons. The van der Waals surface area contributed by atoms with Gasteiger partial charge in [0, 0.05) is 42.0 Å². The summed E-state index contributed by atoms with van der Waals surface area (Å²) in [4.78, 5) is 30.8. The number of nitrogens with two attached hydrogens (primary N) is 1. The van der Waals surface area contributed by atoms with E-state index in [0.717, 1.165) is 54.6 Å². The quantitative estimate of drug-likeness (QED) is 0.544. The van der Waals surface area contributed by atoms with E-state index < -0.39 is 0 Å². The second-order valence-electron chi connectivity index (χ2n) is 9.64. The van der Waals surface area contributed by atoms with E-state index in [1.165, 1.54) is 5.56 Å². The van der Waals surface area contributed by atoms with E-state index in [0.29, 0.717) is 19.6 Å². The van der Waals surface area contributed by atoms with Crippen LogP contribution in [0.3, 0.4) is 0 Å². The van der Waals surface area contributed by atoms with Crippen LogP contribution in [0, 0.1) is 5.92 Å². The Bertz CT molecular complexity index is 1200. The molecule has 0 bridgehead atoms. The zero-order valence-corrected chi connectivity index (χ0v) is 20.8. The van der Waals surface area contributed by atoms with Crippen molar-refractivity contribution in [3.63, 3.8) is 0 Å². The fraction of sp³-hybridized carbons (Fsp3) is 0.462. The summed E-state index contributed by atoms with van der Waals surface area (Å²) >= 11 is 6.23. The molecule has 2 fully saturated rings. The van der Waals surface area contributed by atoms with Gasteiger partial charge in [-0.05, 0) is 68.4 Å². The average molecular weight is 503 g/mol. The van der Waals surface area contributed by atoms with Crippen molar-refractivity contribution in [1.82, 2.24) is 14.5 Å². The van der Waals surface area contributed by atoms with Gasteiger partial charge in [0.2, 0.25) is 5.91 Å². The third-order valence-electron chi connectivity index (χ3n) is 7.88. The SMILES string of the molecule is Cl.NCC1(c2cccc(Cl)c2)CCC(C(=O)N2CCC(n3c(=O)[nH]c4ccccc43)CC2)CC1. The number of hydrogen-bond acceptors (Lipinski definition) is 3. The van der Waals surface area contributed by atoms with Crippen LogP contribution in [0.2, 0.25) is 5.02 Å². The van der Waals surface area contributed by atoms with Gasteiger partial charge in [0.25, 0.3) is 0 Å². The molecular weight excluding hydrogens is 471 g/mol. The first kappa shape index (κ1) is 24.8. The van der Waals surface area contributed by atoms with Crippen molar-refractivity contribution in [3.05, 3.63) is 69.6 Å². The maximum atomic E-state index is 13.3. The lowest BCUT2D eigenvalue weighted by Crippen LogP contribution is -2.46. The second kappa shape index (κ2) is 10.1. The van der Waals surface area contributed by atoms with Crippen molar-refractivity contribution >= 4 is 40.9 Å². The Morgan fingerprint density at radius 3 is 2.44 bits per heavy atom. The molecule has 34 heavy (non-hydrogen) atoms. The molecule has 5 rings (SSSR count). The van der Waals surface area contributed by atoms with Crippen LogP contribution in [0.25, 0.3) is 11.0 Å². The molecule has 1 saturated carbocycles. The minimum absolute atomic E-state index is 0. The minimum Gasteiger partial charge on any atom is -0.342 e. The summed E-state index contributed by atoms with van der Waals surface area (Å²) in [7, 11) is 0. The van der Waals surface area contributed by atoms with E-state index in [9.17, 15) is 9.59 Å². The number of nitrogens with one attached hydrogen (secondary N) is 1. The van der Waals surface area contributed by atoms with E-state index >= 15 is 0 Å². The Morgan fingerprint density at radius 1 is 1.06 bits per heavy atom. The van der Waals surface area contributed by atoms with Crippen molar-refractivity contribution in [3.8, 4) is 0 Å². The second-order valence-corrected chi connectivity index (χ2v) is 10.1. The molecule has 2 aromatic carbocycles. The highest BCUT2D eigenvalue weighted by Gasteiger charge is 2.39. The van der Waals surface area contributed by atoms with E-state index in [4.69, 9.17) is 17.3 Å². The predicted octanol–water partition coefficient (Wildman–Crippen LogP) is 4.66. The molecule has 1 saturated heterocycles. The highest BCUT2D eigenvalue weighted by atomic mass is 35.5. The van der Waals surface area contributed by atoms with Crippen LogP contribution in [0.4, 0.5) is 0 Å². The first-order valence-corrected chi connectivity index (χ1v) is 12.3. The lowest BCUT2D eigenvalue weighted by molar-refractivity contribution is -0.138. The number of aromatic amines is 1. The monoisotopic (exact) mass is 502 g/mol. The summed E-state index contributed by atoms with van der Waals surface area (Å²) in [6.07, 6.45) is 5.11. The Labute approximate surface area is 210 Å². The summed E-state index contributed by atoms with van der Waals surface area (Å²) in [5.41, 5.74) is 9.07. The molecule has 1 amide bonds. The summed E-state index contributed by atoms with van der Waals surface area (Å²) in [6.45, 7) is 1.96. The minimum atomic E-state index is -0.0921. The van der Waals surface area contributed by atoms with Gasteiger partial charge < -0.3 is 15.6 Å². The number of piperidine rings is 1. The molecule has 1 aliphatic carbocycles. The predicted molar refractivity (Wildman–Crippen MR) is 139 cm³/mol. The van der Waals surface area contributed by atoms with Crippen molar-refractivity contribution in [2.24, 2.45) is 11.7 Å². The van der Waals surface area contributed by atoms with Gasteiger partial charge in [0.1, 0.15) is 0 Å². The lowest BCUT2D eigenvalue weighted by Gasteiger charge is -2.41. The molecule has 0 spiro atoms. The van der Waals surface area contributed by atoms with Crippen molar-refractivity contribution < 1.29 is 4.79 Å². The number of H-pyrrole nitrogens is 1. The van der Waals surface area contributed by atoms with Gasteiger partial charge in [-0.3, -0.25) is 9.36 Å². The molecule has 6 nitrogen and oxygen atoms in total. The van der Waals surface area contributed by atoms with Crippen molar-refractivity contribution in [2.45, 2.75) is 50.0 Å². The summed E-state index contributed by atoms with van der Waals surface area (Å²) < 4.78 is 1.87. The Kier molecular flexibility index (Phi) is 7.41. The molecule has 8 heteroatoms. The number of fused-ring (bicyclic) bond motifs is 1. The fourth-order valence-electron chi connectivity index (χ4n) is 5.89. The number of hydrogen-bond donors (Lipinski definition) is 2. The number of likely N-dealkylation sites (tertiary alicyclic amines) is 1. The van der Waals surface area contributed by atoms with Gasteiger partial charge in [0.15, 0.2) is 0 Å². The highest BCUT2D eigenvalue weighted by Crippen LogP contribution is 2.42. The third-order valence-corrected chi connectivity index (χ3v) is 8.12. The third kappa shape index (κ3) is 4.51. The molecule has 182 valence electrons. The van der Waals surface area contributed by atoms with E-state index in [1.807, 2.05) is 51.9 Å². The maximum absolute atomic E-state index is 13.3. The molecule has 3 N–H and O–H groups in total. The van der Waals surface area contributed by atoms with Gasteiger partial charge in [0.05, 0.1) is 11.0 Å². The molecule has 3 aromatic rings. The van der Waals surface area contributed by atoms with Crippen LogP contribution in [-0.4, -0.2) is 40.0 Å². The first-order valence-electron chi connectivity index (χ1n) is 11.9. The van der Waals surface area contributed by atoms with Gasteiger partial charge in [-0.25, -0.2) is 4.79 Å². The zero-order valence-electron chi connectivity index (χ0n) is 19.2. The van der Waals surface area contributed by atoms with Crippen LogP contribution in [-0.2, 0) is 10.2 Å². The van der Waals surface area contributed by atoms with Crippen LogP contribution >= 0.6 is 24.0 Å². The Hall–Kier alpha value is -2.28. The van der Waals surface area contributed by atoms with Crippen LogP contribution in [0.1, 0.15) is 50.1 Å². The number of amides is 1. The molecule has 0 atom stereocenters. The lowest BCUT2D eigenvalue weighted by atomic mass is 9.66. The van der Waals surface area contributed by atoms with Gasteiger partial charge in [-0.1, -0.05) is 35.9 Å². The number of aromatic nitrogens is 2. The van der Waals surface area contributed by atoms with Crippen LogP contribution in [0.15, 0.2) is 53.3 Å². The maximum Gasteiger partial charge on any atom is 0.326 e. The number of carbonyl (C=O) groups excluding carboxylic acids is 1. The van der Waals surface area contributed by atoms with E-state index in [-0.39, 0.29) is 41.4 Å². The van der Waals surface area contributed by atoms with E-state index in [1.54, 1.807) is 0 Å². The van der Waals surface area contributed by atoms with Gasteiger partial charge in [-0.15, -0.1) is 12.4 Å². The zero-order chi connectivity index (χ0) is 23.0. The van der Waals surface area contributed by atoms with Gasteiger partial charge >= 0.3 is 5.69 Å². The smallest absolute Gasteiger partial charge is 0.326 e. The fourth-order valence-corrected chi connectivity index (χ4v) is 6.08. The summed E-state index contributed by atoms with van der Waals surface area (Å²) in [5.74, 6) is 0.313.